The smallest absolute Gasteiger partial charge is 0.338 e. The van der Waals surface area contributed by atoms with Crippen LogP contribution in [0.2, 0.25) is 5.02 Å². The van der Waals surface area contributed by atoms with E-state index in [0.29, 0.717) is 38.0 Å². The molecule has 1 aromatic heterocycles. The van der Waals surface area contributed by atoms with Gasteiger partial charge in [-0.05, 0) is 72.3 Å². The van der Waals surface area contributed by atoms with Crippen molar-refractivity contribution in [3.63, 3.8) is 0 Å². The number of nitrogens with zero attached hydrogens (tertiary/aromatic N) is 2. The van der Waals surface area contributed by atoms with Gasteiger partial charge in [0.25, 0.3) is 5.56 Å². The molecule has 0 unspecified atom stereocenters. The second-order valence-electron chi connectivity index (χ2n) is 8.72. The molecule has 0 amide bonds. The van der Waals surface area contributed by atoms with E-state index in [4.69, 9.17) is 26.1 Å². The Hall–Kier alpha value is -2.73. The van der Waals surface area contributed by atoms with Crippen molar-refractivity contribution in [3.8, 4) is 5.75 Å². The van der Waals surface area contributed by atoms with Crippen LogP contribution >= 0.6 is 61.5 Å². The van der Waals surface area contributed by atoms with Crippen molar-refractivity contribution in [1.29, 1.82) is 0 Å². The highest BCUT2D eigenvalue weighted by Crippen LogP contribution is 2.36. The first-order valence-electron chi connectivity index (χ1n) is 12.5. The van der Waals surface area contributed by atoms with Crippen LogP contribution in [0.15, 0.2) is 86.6 Å². The summed E-state index contributed by atoms with van der Waals surface area (Å²) >= 11 is 13.2. The molecule has 3 aromatic carbocycles. The minimum atomic E-state index is -0.765. The van der Waals surface area contributed by atoms with Crippen LogP contribution in [0, 0.1) is 3.57 Å². The molecule has 10 heteroatoms. The second kappa shape index (κ2) is 12.4. The molecular formula is C30H23BrClIN2O4S. The maximum absolute atomic E-state index is 14.1. The molecule has 1 aliphatic rings. The van der Waals surface area contributed by atoms with Crippen molar-refractivity contribution in [3.05, 3.63) is 122 Å². The molecular weight excluding hydrogens is 727 g/mol. The number of halogens is 3. The molecule has 0 aliphatic carbocycles. The van der Waals surface area contributed by atoms with E-state index < -0.39 is 12.0 Å². The first-order valence-corrected chi connectivity index (χ1v) is 15.5. The summed E-state index contributed by atoms with van der Waals surface area (Å²) in [5.74, 6) is 0.170. The summed E-state index contributed by atoms with van der Waals surface area (Å²) in [7, 11) is 0. The second-order valence-corrected chi connectivity index (χ2v) is 12.2. The van der Waals surface area contributed by atoms with Gasteiger partial charge < -0.3 is 9.47 Å². The monoisotopic (exact) mass is 748 g/mol. The zero-order valence-corrected chi connectivity index (χ0v) is 26.8. The lowest BCUT2D eigenvalue weighted by molar-refractivity contribution is -0.138. The molecule has 1 aliphatic heterocycles. The summed E-state index contributed by atoms with van der Waals surface area (Å²) in [6, 6.07) is 19.7. The number of aromatic nitrogens is 1. The molecule has 0 saturated heterocycles. The summed E-state index contributed by atoms with van der Waals surface area (Å²) in [6.45, 7) is 4.34. The van der Waals surface area contributed by atoms with Gasteiger partial charge in [0.05, 0.1) is 38.6 Å². The summed E-state index contributed by atoms with van der Waals surface area (Å²) in [5.41, 5.74) is 2.73. The molecule has 0 fully saturated rings. The van der Waals surface area contributed by atoms with Crippen LogP contribution in [0.5, 0.6) is 5.75 Å². The van der Waals surface area contributed by atoms with Crippen LogP contribution in [0.25, 0.3) is 11.8 Å². The summed E-state index contributed by atoms with van der Waals surface area (Å²) < 4.78 is 15.3. The van der Waals surface area contributed by atoms with Crippen LogP contribution in [0.1, 0.15) is 36.6 Å². The molecule has 6 nitrogen and oxygen atoms in total. The van der Waals surface area contributed by atoms with Gasteiger partial charge in [0, 0.05) is 20.6 Å². The predicted octanol–water partition coefficient (Wildman–Crippen LogP) is 6.35. The van der Waals surface area contributed by atoms with E-state index in [9.17, 15) is 9.59 Å². The van der Waals surface area contributed by atoms with E-state index >= 15 is 0 Å². The fourth-order valence-corrected chi connectivity index (χ4v) is 7.35. The Bertz CT molecular complexity index is 1800. The van der Waals surface area contributed by atoms with Gasteiger partial charge >= 0.3 is 5.97 Å². The predicted molar refractivity (Wildman–Crippen MR) is 171 cm³/mol. The Balaban J connectivity index is 1.83. The normalized spacial score (nSPS) is 15.0. The van der Waals surface area contributed by atoms with E-state index in [1.807, 2.05) is 67.6 Å². The number of carbonyl (C=O) groups is 1. The fraction of sp³-hybridized carbons (Fsp3) is 0.167. The number of ether oxygens (including phenoxy) is 2. The molecule has 40 heavy (non-hydrogen) atoms. The van der Waals surface area contributed by atoms with Crippen LogP contribution in [0.3, 0.4) is 0 Å². The molecule has 2 heterocycles. The van der Waals surface area contributed by atoms with Gasteiger partial charge in [0.2, 0.25) is 0 Å². The van der Waals surface area contributed by atoms with Crippen molar-refractivity contribution in [2.24, 2.45) is 4.99 Å². The van der Waals surface area contributed by atoms with Gasteiger partial charge in [0.1, 0.15) is 5.75 Å². The van der Waals surface area contributed by atoms with Gasteiger partial charge in [-0.15, -0.1) is 0 Å². The molecule has 204 valence electrons. The number of rotatable bonds is 7. The summed E-state index contributed by atoms with van der Waals surface area (Å²) in [4.78, 5) is 33.0. The fourth-order valence-electron chi connectivity index (χ4n) is 4.53. The van der Waals surface area contributed by atoms with Crippen LogP contribution in [-0.2, 0) is 9.53 Å². The molecule has 5 rings (SSSR count). The van der Waals surface area contributed by atoms with Crippen molar-refractivity contribution in [1.82, 2.24) is 4.57 Å². The highest BCUT2D eigenvalue weighted by Gasteiger charge is 2.35. The molecule has 0 saturated carbocycles. The first-order chi connectivity index (χ1) is 19.3. The number of carbonyl (C=O) groups excluding carboxylic acids is 1. The number of hydrogen-bond donors (Lipinski definition) is 0. The number of benzene rings is 3. The molecule has 0 radical (unpaired) electrons. The number of fused-ring (bicyclic) bond motifs is 1. The highest BCUT2D eigenvalue weighted by atomic mass is 127. The Morgan fingerprint density at radius 1 is 1.12 bits per heavy atom. The average Bonchev–Trinajstić information content (AvgIpc) is 3.25. The number of thiazole rings is 1. The Labute approximate surface area is 261 Å². The quantitative estimate of drug-likeness (QED) is 0.163. The Morgan fingerprint density at radius 3 is 2.52 bits per heavy atom. The lowest BCUT2D eigenvalue weighted by Gasteiger charge is -2.26. The third kappa shape index (κ3) is 5.70. The molecule has 0 N–H and O–H groups in total. The van der Waals surface area contributed by atoms with Crippen LogP contribution in [-0.4, -0.2) is 23.8 Å². The molecule has 0 bridgehead atoms. The molecule has 4 aromatic rings. The van der Waals surface area contributed by atoms with Crippen molar-refractivity contribution < 1.29 is 14.3 Å². The van der Waals surface area contributed by atoms with Gasteiger partial charge in [0.15, 0.2) is 4.80 Å². The minimum absolute atomic E-state index is 0.184. The topological polar surface area (TPSA) is 69.9 Å². The van der Waals surface area contributed by atoms with Gasteiger partial charge in [-0.1, -0.05) is 81.3 Å². The lowest BCUT2D eigenvalue weighted by Crippen LogP contribution is -2.40. The maximum Gasteiger partial charge on any atom is 0.338 e. The van der Waals surface area contributed by atoms with E-state index in [1.54, 1.807) is 23.6 Å². The standard InChI is InChI=1S/C30H23BrClIN2O4S/c1-3-38-27-19(14-20(31)16-22(27)33)15-23-28(36)35-26(18-10-12-21(32)13-11-18)24(29(37)39-4-2)25(34-30(35)40-23)17-8-6-5-7-9-17/h5-16,26H,3-4H2,1-2H3/b23-15-/t26-/m1/s1. The molecule has 0 spiro atoms. The maximum atomic E-state index is 14.1. The highest BCUT2D eigenvalue weighted by molar-refractivity contribution is 14.1. The van der Waals surface area contributed by atoms with Crippen molar-refractivity contribution >= 4 is 79.2 Å². The summed E-state index contributed by atoms with van der Waals surface area (Å²) in [6.07, 6.45) is 1.82. The summed E-state index contributed by atoms with van der Waals surface area (Å²) in [5, 5.41) is 0.550. The Morgan fingerprint density at radius 2 is 1.85 bits per heavy atom. The number of hydrogen-bond acceptors (Lipinski definition) is 6. The van der Waals surface area contributed by atoms with E-state index in [1.165, 1.54) is 11.3 Å². The Kier molecular flexibility index (Phi) is 8.94. The first kappa shape index (κ1) is 28.8. The largest absolute Gasteiger partial charge is 0.492 e. The van der Waals surface area contributed by atoms with Gasteiger partial charge in [-0.3, -0.25) is 9.36 Å². The third-order valence-corrected chi connectivity index (χ3v) is 8.67. The zero-order chi connectivity index (χ0) is 28.4. The van der Waals surface area contributed by atoms with E-state index in [2.05, 4.69) is 38.5 Å². The third-order valence-electron chi connectivity index (χ3n) is 6.17. The van der Waals surface area contributed by atoms with Gasteiger partial charge in [-0.2, -0.15) is 0 Å². The van der Waals surface area contributed by atoms with Crippen molar-refractivity contribution in [2.45, 2.75) is 19.9 Å². The molecule has 1 atom stereocenters. The number of esters is 1. The van der Waals surface area contributed by atoms with Crippen LogP contribution in [0.4, 0.5) is 0 Å². The average molecular weight is 750 g/mol. The zero-order valence-electron chi connectivity index (χ0n) is 21.5. The van der Waals surface area contributed by atoms with Gasteiger partial charge in [-0.25, -0.2) is 9.79 Å². The van der Waals surface area contributed by atoms with Crippen molar-refractivity contribution in [2.75, 3.05) is 13.2 Å². The SMILES string of the molecule is CCOC(=O)C1=C(c2ccccc2)N=c2s/c(=C\c3cc(Br)cc(I)c3OCC)c(=O)n2[C@@H]1c1ccc(Cl)cc1. The lowest BCUT2D eigenvalue weighted by atomic mass is 9.93. The van der Waals surface area contributed by atoms with E-state index in [-0.39, 0.29) is 12.2 Å². The minimum Gasteiger partial charge on any atom is -0.492 e. The van der Waals surface area contributed by atoms with E-state index in [0.717, 1.165) is 24.7 Å². The van der Waals surface area contributed by atoms with Crippen LogP contribution < -0.4 is 19.6 Å².